The molecule has 1 aromatic heterocycles. The molecule has 0 bridgehead atoms. The number of H-pyrrole nitrogens is 1. The van der Waals surface area contributed by atoms with Gasteiger partial charge >= 0.3 is 5.97 Å². The summed E-state index contributed by atoms with van der Waals surface area (Å²) in [5.41, 5.74) is 1.90. The number of aromatic nitrogens is 2. The van der Waals surface area contributed by atoms with Gasteiger partial charge in [-0.2, -0.15) is 5.10 Å². The number of aromatic amines is 1. The molecule has 3 rings (SSSR count). The zero-order valence-electron chi connectivity index (χ0n) is 13.6. The maximum absolute atomic E-state index is 14.2. The summed E-state index contributed by atoms with van der Waals surface area (Å²) >= 11 is 0. The molecule has 2 N–H and O–H groups in total. The van der Waals surface area contributed by atoms with Crippen LogP contribution in [0, 0.1) is 5.82 Å². The van der Waals surface area contributed by atoms with Crippen molar-refractivity contribution in [2.75, 3.05) is 14.2 Å². The van der Waals surface area contributed by atoms with Gasteiger partial charge in [0.2, 0.25) is 0 Å². The lowest BCUT2D eigenvalue weighted by Gasteiger charge is -2.25. The van der Waals surface area contributed by atoms with Crippen molar-refractivity contribution >= 4 is 5.97 Å². The molecule has 128 valence electrons. The predicted octanol–water partition coefficient (Wildman–Crippen LogP) is 2.69. The van der Waals surface area contributed by atoms with Crippen LogP contribution in [0.3, 0.4) is 0 Å². The Kier molecular flexibility index (Phi) is 4.53. The average molecular weight is 333 g/mol. The van der Waals surface area contributed by atoms with Crippen LogP contribution in [-0.2, 0) is 11.3 Å². The number of nitrogens with zero attached hydrogens (tertiary/aromatic N) is 2. The van der Waals surface area contributed by atoms with Gasteiger partial charge in [0.15, 0.2) is 0 Å². The molecule has 1 atom stereocenters. The van der Waals surface area contributed by atoms with E-state index in [9.17, 15) is 14.3 Å². The summed E-state index contributed by atoms with van der Waals surface area (Å²) < 4.78 is 19.2. The highest BCUT2D eigenvalue weighted by Crippen LogP contribution is 2.39. The van der Waals surface area contributed by atoms with E-state index in [0.717, 1.165) is 24.2 Å². The van der Waals surface area contributed by atoms with Crippen LogP contribution in [0.15, 0.2) is 24.3 Å². The number of hydrogen-bond donors (Lipinski definition) is 2. The third-order valence-corrected chi connectivity index (χ3v) is 4.24. The molecule has 1 aliphatic rings. The number of carboxylic acids is 1. The van der Waals surface area contributed by atoms with E-state index >= 15 is 0 Å². The topological polar surface area (TPSA) is 78.5 Å². The molecule has 0 amide bonds. The Morgan fingerprint density at radius 2 is 2.25 bits per heavy atom. The maximum Gasteiger partial charge on any atom is 0.325 e. The molecular formula is C17H20FN3O3. The largest absolute Gasteiger partial charge is 0.497 e. The lowest BCUT2D eigenvalue weighted by atomic mass is 10.0. The molecule has 1 saturated carbocycles. The van der Waals surface area contributed by atoms with Crippen molar-refractivity contribution in [3.05, 3.63) is 47.0 Å². The first-order chi connectivity index (χ1) is 11.5. The summed E-state index contributed by atoms with van der Waals surface area (Å²) in [6, 6.07) is 4.95. The molecular weight excluding hydrogens is 313 g/mol. The number of likely N-dealkylation sites (N-methyl/N-ethyl adjacent to an activating group) is 1. The van der Waals surface area contributed by atoms with Crippen molar-refractivity contribution in [3.63, 3.8) is 0 Å². The van der Waals surface area contributed by atoms with E-state index < -0.39 is 17.8 Å². The van der Waals surface area contributed by atoms with E-state index in [4.69, 9.17) is 4.74 Å². The number of rotatable bonds is 7. The van der Waals surface area contributed by atoms with Crippen molar-refractivity contribution in [2.24, 2.45) is 0 Å². The van der Waals surface area contributed by atoms with Crippen LogP contribution >= 0.6 is 0 Å². The quantitative estimate of drug-likeness (QED) is 0.814. The summed E-state index contributed by atoms with van der Waals surface area (Å²) in [5, 5.41) is 16.8. The molecule has 1 aliphatic carbocycles. The van der Waals surface area contributed by atoms with Gasteiger partial charge in [-0.15, -0.1) is 0 Å². The zero-order valence-corrected chi connectivity index (χ0v) is 13.6. The van der Waals surface area contributed by atoms with Gasteiger partial charge in [-0.3, -0.25) is 14.8 Å². The number of nitrogens with one attached hydrogen (secondary N) is 1. The van der Waals surface area contributed by atoms with Crippen LogP contribution in [0.25, 0.3) is 0 Å². The number of carbonyl (C=O) groups is 1. The molecule has 1 fully saturated rings. The highest BCUT2D eigenvalue weighted by atomic mass is 19.1. The molecule has 1 aromatic carbocycles. The number of aliphatic carboxylic acids is 1. The van der Waals surface area contributed by atoms with Crippen LogP contribution in [0.1, 0.15) is 41.8 Å². The van der Waals surface area contributed by atoms with E-state index in [-0.39, 0.29) is 5.56 Å². The Bertz CT molecular complexity index is 742. The van der Waals surface area contributed by atoms with Crippen LogP contribution in [0.4, 0.5) is 4.39 Å². The first-order valence-electron chi connectivity index (χ1n) is 7.80. The van der Waals surface area contributed by atoms with Crippen LogP contribution in [0.2, 0.25) is 0 Å². The van der Waals surface area contributed by atoms with Gasteiger partial charge in [0.05, 0.1) is 12.8 Å². The standard InChI is InChI=1S/C17H20FN3O3/c1-21(9-11-7-15(20-19-11)10-3-4-10)16(17(22)23)13-8-12(24-2)5-6-14(13)18/h5-8,10,16H,3-4,9H2,1-2H3,(H,19,20)(H,22,23)/t16-/m1/s1. The third-order valence-electron chi connectivity index (χ3n) is 4.24. The van der Waals surface area contributed by atoms with Gasteiger partial charge < -0.3 is 9.84 Å². The number of hydrogen-bond acceptors (Lipinski definition) is 4. The molecule has 24 heavy (non-hydrogen) atoms. The molecule has 2 aromatic rings. The number of carboxylic acid groups (broad SMARTS) is 1. The van der Waals surface area contributed by atoms with Gasteiger partial charge in [-0.1, -0.05) is 0 Å². The Morgan fingerprint density at radius 3 is 2.88 bits per heavy atom. The second-order valence-electron chi connectivity index (χ2n) is 6.14. The predicted molar refractivity (Wildman–Crippen MR) is 85.4 cm³/mol. The molecule has 0 aliphatic heterocycles. The molecule has 0 saturated heterocycles. The van der Waals surface area contributed by atoms with Gasteiger partial charge in [-0.05, 0) is 44.2 Å². The smallest absolute Gasteiger partial charge is 0.325 e. The average Bonchev–Trinajstić information content (AvgIpc) is 3.29. The number of ether oxygens (including phenoxy) is 1. The first kappa shape index (κ1) is 16.4. The van der Waals surface area contributed by atoms with Gasteiger partial charge in [0, 0.05) is 23.7 Å². The van der Waals surface area contributed by atoms with E-state index in [1.807, 2.05) is 6.07 Å². The van der Waals surface area contributed by atoms with Gasteiger partial charge in [-0.25, -0.2) is 4.39 Å². The van der Waals surface area contributed by atoms with Crippen molar-refractivity contribution in [1.29, 1.82) is 0 Å². The maximum atomic E-state index is 14.2. The molecule has 0 unspecified atom stereocenters. The minimum Gasteiger partial charge on any atom is -0.497 e. The lowest BCUT2D eigenvalue weighted by molar-refractivity contribution is -0.143. The molecule has 0 radical (unpaired) electrons. The minimum atomic E-state index is -1.12. The summed E-state index contributed by atoms with van der Waals surface area (Å²) in [6.07, 6.45) is 2.29. The molecule has 1 heterocycles. The highest BCUT2D eigenvalue weighted by molar-refractivity contribution is 5.75. The van der Waals surface area contributed by atoms with Crippen LogP contribution in [0.5, 0.6) is 5.75 Å². The Balaban J connectivity index is 1.82. The summed E-state index contributed by atoms with van der Waals surface area (Å²) in [7, 11) is 3.11. The van der Waals surface area contributed by atoms with Crippen LogP contribution in [-0.4, -0.2) is 40.3 Å². The van der Waals surface area contributed by atoms with Crippen LogP contribution < -0.4 is 4.74 Å². The summed E-state index contributed by atoms with van der Waals surface area (Å²) in [4.78, 5) is 13.3. The Labute approximate surface area is 139 Å². The summed E-state index contributed by atoms with van der Waals surface area (Å²) in [6.45, 7) is 0.327. The van der Waals surface area contributed by atoms with Crippen molar-refractivity contribution < 1.29 is 19.0 Å². The SMILES string of the molecule is COc1ccc(F)c([C@H](C(=O)O)N(C)Cc2cc(C3CC3)n[nH]2)c1. The fourth-order valence-electron chi connectivity index (χ4n) is 2.83. The third kappa shape index (κ3) is 3.41. The highest BCUT2D eigenvalue weighted by Gasteiger charge is 2.30. The fourth-order valence-corrected chi connectivity index (χ4v) is 2.83. The molecule has 6 nitrogen and oxygen atoms in total. The van der Waals surface area contributed by atoms with Crippen molar-refractivity contribution in [2.45, 2.75) is 31.3 Å². The zero-order chi connectivity index (χ0) is 17.3. The van der Waals surface area contributed by atoms with Crippen molar-refractivity contribution in [1.82, 2.24) is 15.1 Å². The summed E-state index contributed by atoms with van der Waals surface area (Å²) in [5.74, 6) is -0.750. The second kappa shape index (κ2) is 6.60. The lowest BCUT2D eigenvalue weighted by Crippen LogP contribution is -2.31. The van der Waals surface area contributed by atoms with Gasteiger partial charge in [0.25, 0.3) is 0 Å². The Morgan fingerprint density at radius 1 is 1.50 bits per heavy atom. The number of halogens is 1. The monoisotopic (exact) mass is 333 g/mol. The molecule has 7 heteroatoms. The minimum absolute atomic E-state index is 0.0753. The first-order valence-corrected chi connectivity index (χ1v) is 7.80. The van der Waals surface area contributed by atoms with E-state index in [1.165, 1.54) is 25.3 Å². The number of benzene rings is 1. The van der Waals surface area contributed by atoms with E-state index in [0.29, 0.717) is 18.2 Å². The van der Waals surface area contributed by atoms with Gasteiger partial charge in [0.1, 0.15) is 17.6 Å². The Hall–Kier alpha value is -2.41. The molecule has 0 spiro atoms. The van der Waals surface area contributed by atoms with Crippen molar-refractivity contribution in [3.8, 4) is 5.75 Å². The number of methoxy groups -OCH3 is 1. The fraction of sp³-hybridized carbons (Fsp3) is 0.412. The second-order valence-corrected chi connectivity index (χ2v) is 6.14. The van der Waals surface area contributed by atoms with E-state index in [1.54, 1.807) is 11.9 Å². The normalized spacial score (nSPS) is 15.5. The van der Waals surface area contributed by atoms with E-state index in [2.05, 4.69) is 10.2 Å².